The van der Waals surface area contributed by atoms with Gasteiger partial charge in [-0.05, 0) is 20.1 Å². The number of nitrogens with one attached hydrogen (secondary N) is 2. The van der Waals surface area contributed by atoms with Gasteiger partial charge in [0, 0.05) is 13.1 Å². The predicted molar refractivity (Wildman–Crippen MR) is 52.7 cm³/mol. The van der Waals surface area contributed by atoms with Crippen molar-refractivity contribution < 1.29 is 4.79 Å². The molecule has 0 aromatic heterocycles. The normalized spacial score (nSPS) is 9.25. The molecule has 4 nitrogen and oxygen atoms in total. The lowest BCUT2D eigenvalue weighted by Crippen LogP contribution is -2.41. The molecule has 0 aromatic rings. The largest absolute Gasteiger partial charge is 0.325 e. The molecule has 12 heavy (non-hydrogen) atoms. The van der Waals surface area contributed by atoms with Crippen molar-refractivity contribution in [2.75, 3.05) is 19.3 Å². The zero-order chi connectivity index (χ0) is 9.56. The van der Waals surface area contributed by atoms with Gasteiger partial charge < -0.3 is 4.90 Å². The highest BCUT2D eigenvalue weighted by Crippen LogP contribution is 1.93. The molecule has 0 aliphatic carbocycles. The molecule has 0 bridgehead atoms. The molecule has 0 aliphatic rings. The van der Waals surface area contributed by atoms with Crippen LogP contribution < -0.4 is 5.32 Å². The molecular weight excluding hydrogens is 174 g/mol. The Hall–Kier alpha value is -0.710. The van der Waals surface area contributed by atoms with Gasteiger partial charge in [-0.1, -0.05) is 11.8 Å². The second-order valence-corrected chi connectivity index (χ2v) is 2.95. The summed E-state index contributed by atoms with van der Waals surface area (Å²) in [5, 5.41) is 9.87. The summed E-state index contributed by atoms with van der Waals surface area (Å²) in [6.45, 7) is 5.16. The summed E-state index contributed by atoms with van der Waals surface area (Å²) in [5.41, 5.74) is 0. The van der Waals surface area contributed by atoms with Gasteiger partial charge in [0.25, 0.3) is 0 Å². The summed E-state index contributed by atoms with van der Waals surface area (Å²) in [5.74, 6) is 0. The minimum atomic E-state index is -0.195. The minimum Gasteiger partial charge on any atom is -0.325 e. The molecular formula is C7H15N3OS. The van der Waals surface area contributed by atoms with Crippen LogP contribution >= 0.6 is 11.8 Å². The van der Waals surface area contributed by atoms with Gasteiger partial charge in [0.15, 0.2) is 5.17 Å². The molecule has 0 saturated carbocycles. The number of amidine groups is 1. The van der Waals surface area contributed by atoms with Gasteiger partial charge >= 0.3 is 6.03 Å². The van der Waals surface area contributed by atoms with E-state index in [1.807, 2.05) is 13.8 Å². The molecule has 5 heteroatoms. The molecule has 0 aliphatic heterocycles. The summed E-state index contributed by atoms with van der Waals surface area (Å²) < 4.78 is 0. The second-order valence-electron chi connectivity index (χ2n) is 2.14. The fourth-order valence-electron chi connectivity index (χ4n) is 0.738. The van der Waals surface area contributed by atoms with E-state index in [0.29, 0.717) is 13.1 Å². The van der Waals surface area contributed by atoms with Gasteiger partial charge in [-0.15, -0.1) is 0 Å². The Labute approximate surface area is 77.2 Å². The molecule has 0 fully saturated rings. The van der Waals surface area contributed by atoms with Crippen molar-refractivity contribution in [1.82, 2.24) is 10.2 Å². The molecule has 2 amide bonds. The van der Waals surface area contributed by atoms with Gasteiger partial charge in [-0.3, -0.25) is 10.7 Å². The third-order valence-corrected chi connectivity index (χ3v) is 1.99. The first-order chi connectivity index (χ1) is 5.65. The molecule has 2 N–H and O–H groups in total. The van der Waals surface area contributed by atoms with Crippen LogP contribution in [0, 0.1) is 5.41 Å². The number of nitrogens with zero attached hydrogens (tertiary/aromatic N) is 1. The van der Waals surface area contributed by atoms with Gasteiger partial charge in [0.1, 0.15) is 0 Å². The van der Waals surface area contributed by atoms with E-state index in [4.69, 9.17) is 5.41 Å². The van der Waals surface area contributed by atoms with E-state index in [1.54, 1.807) is 11.2 Å². The van der Waals surface area contributed by atoms with Crippen molar-refractivity contribution >= 4 is 23.0 Å². The topological polar surface area (TPSA) is 56.2 Å². The molecule has 0 atom stereocenters. The predicted octanol–water partition coefficient (Wildman–Crippen LogP) is 1.34. The number of thioether (sulfide) groups is 1. The fourth-order valence-corrected chi connectivity index (χ4v) is 0.927. The van der Waals surface area contributed by atoms with Gasteiger partial charge in [-0.2, -0.15) is 0 Å². The van der Waals surface area contributed by atoms with Crippen LogP contribution in [-0.4, -0.2) is 35.4 Å². The van der Waals surface area contributed by atoms with Crippen LogP contribution in [0.15, 0.2) is 0 Å². The van der Waals surface area contributed by atoms with Crippen LogP contribution in [0.25, 0.3) is 0 Å². The van der Waals surface area contributed by atoms with Crippen molar-refractivity contribution in [1.29, 1.82) is 5.41 Å². The monoisotopic (exact) mass is 189 g/mol. The average Bonchev–Trinajstić information content (AvgIpc) is 2.06. The van der Waals surface area contributed by atoms with E-state index in [9.17, 15) is 4.79 Å². The van der Waals surface area contributed by atoms with Crippen molar-refractivity contribution in [3.63, 3.8) is 0 Å². The van der Waals surface area contributed by atoms with Gasteiger partial charge in [0.05, 0.1) is 0 Å². The zero-order valence-corrected chi connectivity index (χ0v) is 8.49. The van der Waals surface area contributed by atoms with Crippen LogP contribution in [0.5, 0.6) is 0 Å². The number of urea groups is 1. The smallest absolute Gasteiger partial charge is 0.323 e. The Morgan fingerprint density at radius 3 is 2.33 bits per heavy atom. The van der Waals surface area contributed by atoms with E-state index in [-0.39, 0.29) is 11.2 Å². The first-order valence-corrected chi connectivity index (χ1v) is 5.06. The summed E-state index contributed by atoms with van der Waals surface area (Å²) >= 11 is 1.22. The highest BCUT2D eigenvalue weighted by molar-refractivity contribution is 8.13. The average molecular weight is 189 g/mol. The van der Waals surface area contributed by atoms with E-state index < -0.39 is 0 Å². The van der Waals surface area contributed by atoms with E-state index in [1.165, 1.54) is 11.8 Å². The number of carbonyl (C=O) groups is 1. The molecule has 0 radical (unpaired) electrons. The Morgan fingerprint density at radius 2 is 2.00 bits per heavy atom. The van der Waals surface area contributed by atoms with Crippen LogP contribution in [0.4, 0.5) is 4.79 Å². The van der Waals surface area contributed by atoms with Crippen LogP contribution in [0.2, 0.25) is 0 Å². The number of carbonyl (C=O) groups excluding carboxylic acids is 1. The molecule has 0 rings (SSSR count). The molecule has 0 saturated heterocycles. The highest BCUT2D eigenvalue weighted by Gasteiger charge is 2.09. The third kappa shape index (κ3) is 3.61. The summed E-state index contributed by atoms with van der Waals surface area (Å²) in [4.78, 5) is 12.9. The standard InChI is InChI=1S/C7H15N3OS/c1-4-10(5-2)7(11)9-6(8)12-3/h4-5H2,1-3H3,(H2,8,9,11). The maximum Gasteiger partial charge on any atom is 0.323 e. The van der Waals surface area contributed by atoms with Crippen molar-refractivity contribution in [3.8, 4) is 0 Å². The lowest BCUT2D eigenvalue weighted by Gasteiger charge is -2.18. The zero-order valence-electron chi connectivity index (χ0n) is 7.68. The second kappa shape index (κ2) is 5.88. The summed E-state index contributed by atoms with van der Waals surface area (Å²) in [7, 11) is 0. The fraction of sp³-hybridized carbons (Fsp3) is 0.714. The number of hydrogen-bond acceptors (Lipinski definition) is 3. The molecule has 0 spiro atoms. The Morgan fingerprint density at radius 1 is 1.50 bits per heavy atom. The van der Waals surface area contributed by atoms with E-state index in [2.05, 4.69) is 5.32 Å². The van der Waals surface area contributed by atoms with Crippen LogP contribution in [0.3, 0.4) is 0 Å². The first-order valence-electron chi connectivity index (χ1n) is 3.84. The Balaban J connectivity index is 3.92. The van der Waals surface area contributed by atoms with Gasteiger partial charge in [-0.25, -0.2) is 4.79 Å². The maximum atomic E-state index is 11.2. The van der Waals surface area contributed by atoms with Crippen molar-refractivity contribution in [2.45, 2.75) is 13.8 Å². The van der Waals surface area contributed by atoms with E-state index in [0.717, 1.165) is 0 Å². The number of amides is 2. The van der Waals surface area contributed by atoms with Crippen molar-refractivity contribution in [3.05, 3.63) is 0 Å². The highest BCUT2D eigenvalue weighted by atomic mass is 32.2. The van der Waals surface area contributed by atoms with Crippen LogP contribution in [-0.2, 0) is 0 Å². The molecule has 70 valence electrons. The molecule has 0 unspecified atom stereocenters. The summed E-state index contributed by atoms with van der Waals surface area (Å²) in [6.07, 6.45) is 1.75. The first kappa shape index (κ1) is 11.3. The SMILES string of the molecule is CCN(CC)C(=O)NC(=N)SC. The third-order valence-electron chi connectivity index (χ3n) is 1.48. The van der Waals surface area contributed by atoms with Crippen LogP contribution in [0.1, 0.15) is 13.8 Å². The summed E-state index contributed by atoms with van der Waals surface area (Å²) in [6, 6.07) is -0.195. The van der Waals surface area contributed by atoms with Gasteiger partial charge in [0.2, 0.25) is 0 Å². The molecule has 0 heterocycles. The lowest BCUT2D eigenvalue weighted by atomic mass is 10.5. The van der Waals surface area contributed by atoms with E-state index >= 15 is 0 Å². The molecule has 0 aromatic carbocycles. The number of hydrogen-bond donors (Lipinski definition) is 2. The lowest BCUT2D eigenvalue weighted by molar-refractivity contribution is 0.208. The number of rotatable bonds is 2. The Kier molecular flexibility index (Phi) is 5.53. The van der Waals surface area contributed by atoms with Crippen molar-refractivity contribution in [2.24, 2.45) is 0 Å². The minimum absolute atomic E-state index is 0.187. The maximum absolute atomic E-state index is 11.2. The quantitative estimate of drug-likeness (QED) is 0.508. The Bertz CT molecular complexity index is 168.